The van der Waals surface area contributed by atoms with Crippen molar-refractivity contribution in [2.45, 2.75) is 0 Å². The molecule has 4 nitrogen and oxygen atoms in total. The predicted octanol–water partition coefficient (Wildman–Crippen LogP) is 10.3. The molecule has 4 heteroatoms. The molecule has 9 aromatic rings. The van der Waals surface area contributed by atoms with Crippen LogP contribution in [0, 0.1) is 0 Å². The van der Waals surface area contributed by atoms with Gasteiger partial charge in [0.1, 0.15) is 5.82 Å². The van der Waals surface area contributed by atoms with Gasteiger partial charge in [-0.3, -0.25) is 9.55 Å². The summed E-state index contributed by atoms with van der Waals surface area (Å²) in [7, 11) is 0. The van der Waals surface area contributed by atoms with Gasteiger partial charge in [-0.15, -0.1) is 0 Å². The second-order valence-electron chi connectivity index (χ2n) is 11.3. The summed E-state index contributed by atoms with van der Waals surface area (Å²) in [4.78, 5) is 15.0. The van der Waals surface area contributed by atoms with E-state index in [-0.39, 0.29) is 0 Å². The number of para-hydroxylation sites is 4. The molecule has 0 saturated heterocycles. The molecule has 0 fully saturated rings. The Labute approximate surface area is 259 Å². The maximum Gasteiger partial charge on any atom is 0.145 e. The van der Waals surface area contributed by atoms with Crippen LogP contribution in [0.2, 0.25) is 0 Å². The monoisotopic (exact) mass is 574 g/mol. The lowest BCUT2D eigenvalue weighted by Gasteiger charge is -2.13. The van der Waals surface area contributed by atoms with Gasteiger partial charge in [0, 0.05) is 33.6 Å². The van der Waals surface area contributed by atoms with Gasteiger partial charge in [-0.05, 0) is 64.4 Å². The van der Waals surface area contributed by atoms with Crippen molar-refractivity contribution >= 4 is 43.5 Å². The standard InChI is InChI=1S/C41H26N4/c1-2-11-31(12-3-1)45-38-17-9-8-16-36(38)44-41(45)29-20-18-27(19-21-29)30-24-25-42-37(26-30)40-34-23-22-28-10-4-5-13-32(28)39(34)33-14-6-7-15-35(33)43-40/h1-26H. The molecule has 0 aliphatic carbocycles. The third kappa shape index (κ3) is 4.19. The first-order valence-corrected chi connectivity index (χ1v) is 15.1. The summed E-state index contributed by atoms with van der Waals surface area (Å²) < 4.78 is 2.23. The molecule has 9 rings (SSSR count). The van der Waals surface area contributed by atoms with E-state index < -0.39 is 0 Å². The molecule has 0 amide bonds. The molecule has 0 aliphatic rings. The molecule has 0 atom stereocenters. The highest BCUT2D eigenvalue weighted by atomic mass is 15.1. The molecule has 210 valence electrons. The highest BCUT2D eigenvalue weighted by Gasteiger charge is 2.16. The molecule has 0 aliphatic heterocycles. The number of hydrogen-bond acceptors (Lipinski definition) is 3. The second-order valence-corrected chi connectivity index (χ2v) is 11.3. The van der Waals surface area contributed by atoms with Crippen molar-refractivity contribution < 1.29 is 0 Å². The maximum absolute atomic E-state index is 5.15. The van der Waals surface area contributed by atoms with E-state index >= 15 is 0 Å². The molecule has 0 radical (unpaired) electrons. The van der Waals surface area contributed by atoms with Gasteiger partial charge in [0.2, 0.25) is 0 Å². The Hall–Kier alpha value is -6.13. The Morgan fingerprint density at radius 2 is 1.18 bits per heavy atom. The first-order valence-electron chi connectivity index (χ1n) is 15.1. The summed E-state index contributed by atoms with van der Waals surface area (Å²) in [6.07, 6.45) is 1.89. The summed E-state index contributed by atoms with van der Waals surface area (Å²) in [6, 6.07) is 52.9. The van der Waals surface area contributed by atoms with E-state index in [1.54, 1.807) is 0 Å². The summed E-state index contributed by atoms with van der Waals surface area (Å²) in [5.74, 6) is 0.920. The molecular formula is C41H26N4. The Balaban J connectivity index is 1.16. The molecule has 0 bridgehead atoms. The van der Waals surface area contributed by atoms with Crippen LogP contribution in [0.15, 0.2) is 158 Å². The lowest BCUT2D eigenvalue weighted by atomic mass is 9.96. The highest BCUT2D eigenvalue weighted by molar-refractivity contribution is 6.22. The van der Waals surface area contributed by atoms with Gasteiger partial charge in [0.15, 0.2) is 0 Å². The van der Waals surface area contributed by atoms with Crippen molar-refractivity contribution in [2.75, 3.05) is 0 Å². The third-order valence-corrected chi connectivity index (χ3v) is 8.64. The summed E-state index contributed by atoms with van der Waals surface area (Å²) >= 11 is 0. The molecule has 3 aromatic heterocycles. The number of nitrogens with zero attached hydrogens (tertiary/aromatic N) is 4. The van der Waals surface area contributed by atoms with Crippen LogP contribution >= 0.6 is 0 Å². The van der Waals surface area contributed by atoms with Gasteiger partial charge in [-0.25, -0.2) is 9.97 Å². The van der Waals surface area contributed by atoms with Crippen LogP contribution in [0.5, 0.6) is 0 Å². The minimum atomic E-state index is 0.855. The lowest BCUT2D eigenvalue weighted by Crippen LogP contribution is -1.97. The van der Waals surface area contributed by atoms with Gasteiger partial charge in [-0.2, -0.15) is 0 Å². The zero-order valence-corrected chi connectivity index (χ0v) is 24.3. The summed E-state index contributed by atoms with van der Waals surface area (Å²) in [5.41, 5.74) is 9.13. The molecule has 0 N–H and O–H groups in total. The number of aromatic nitrogens is 4. The van der Waals surface area contributed by atoms with Gasteiger partial charge < -0.3 is 0 Å². The molecule has 6 aromatic carbocycles. The van der Waals surface area contributed by atoms with Crippen LogP contribution < -0.4 is 0 Å². The first-order chi connectivity index (χ1) is 22.3. The van der Waals surface area contributed by atoms with Gasteiger partial charge in [0.25, 0.3) is 0 Å². The zero-order chi connectivity index (χ0) is 29.7. The van der Waals surface area contributed by atoms with Crippen molar-refractivity contribution in [3.63, 3.8) is 0 Å². The maximum atomic E-state index is 5.15. The van der Waals surface area contributed by atoms with Crippen LogP contribution in [0.4, 0.5) is 0 Å². The van der Waals surface area contributed by atoms with Crippen LogP contribution in [0.1, 0.15) is 0 Å². The van der Waals surface area contributed by atoms with Gasteiger partial charge in [-0.1, -0.05) is 109 Å². The predicted molar refractivity (Wildman–Crippen MR) is 185 cm³/mol. The fourth-order valence-electron chi connectivity index (χ4n) is 6.53. The number of pyridine rings is 2. The molecular weight excluding hydrogens is 548 g/mol. The average Bonchev–Trinajstić information content (AvgIpc) is 3.51. The Kier molecular flexibility index (Phi) is 5.78. The SMILES string of the molecule is c1ccc(-n2c(-c3ccc(-c4ccnc(-c5nc6ccccc6c6c5ccc5ccccc56)c4)cc3)nc3ccccc32)cc1. The molecule has 3 heterocycles. The van der Waals surface area contributed by atoms with E-state index in [2.05, 4.69) is 138 Å². The van der Waals surface area contributed by atoms with Crippen molar-refractivity contribution in [2.24, 2.45) is 0 Å². The molecule has 0 saturated carbocycles. The van der Waals surface area contributed by atoms with E-state index in [1.807, 2.05) is 24.4 Å². The Bertz CT molecular complexity index is 2510. The number of benzene rings is 6. The highest BCUT2D eigenvalue weighted by Crippen LogP contribution is 2.37. The van der Waals surface area contributed by atoms with Crippen molar-refractivity contribution in [1.82, 2.24) is 19.5 Å². The van der Waals surface area contributed by atoms with E-state index in [0.717, 1.165) is 66.9 Å². The van der Waals surface area contributed by atoms with E-state index in [9.17, 15) is 0 Å². The largest absolute Gasteiger partial charge is 0.292 e. The van der Waals surface area contributed by atoms with Crippen molar-refractivity contribution in [3.8, 4) is 39.6 Å². The number of hydrogen-bond donors (Lipinski definition) is 0. The molecule has 0 spiro atoms. The van der Waals surface area contributed by atoms with E-state index in [1.165, 1.54) is 16.2 Å². The van der Waals surface area contributed by atoms with Crippen molar-refractivity contribution in [1.29, 1.82) is 0 Å². The Morgan fingerprint density at radius 3 is 2.04 bits per heavy atom. The fraction of sp³-hybridized carbons (Fsp3) is 0. The minimum absolute atomic E-state index is 0.855. The summed E-state index contributed by atoms with van der Waals surface area (Å²) in [6.45, 7) is 0. The lowest BCUT2D eigenvalue weighted by molar-refractivity contribution is 1.10. The van der Waals surface area contributed by atoms with Crippen molar-refractivity contribution in [3.05, 3.63) is 158 Å². The molecule has 45 heavy (non-hydrogen) atoms. The quantitative estimate of drug-likeness (QED) is 0.196. The average molecular weight is 575 g/mol. The zero-order valence-electron chi connectivity index (χ0n) is 24.3. The first kappa shape index (κ1) is 25.4. The third-order valence-electron chi connectivity index (χ3n) is 8.64. The van der Waals surface area contributed by atoms with Gasteiger partial charge >= 0.3 is 0 Å². The smallest absolute Gasteiger partial charge is 0.145 e. The van der Waals surface area contributed by atoms with E-state index in [4.69, 9.17) is 15.0 Å². The topological polar surface area (TPSA) is 43.6 Å². The number of fused-ring (bicyclic) bond motifs is 6. The minimum Gasteiger partial charge on any atom is -0.292 e. The Morgan fingerprint density at radius 1 is 0.467 bits per heavy atom. The van der Waals surface area contributed by atoms with Gasteiger partial charge in [0.05, 0.1) is 27.9 Å². The normalized spacial score (nSPS) is 11.6. The second kappa shape index (κ2) is 10.2. The number of rotatable bonds is 4. The van der Waals surface area contributed by atoms with E-state index in [0.29, 0.717) is 0 Å². The fourth-order valence-corrected chi connectivity index (χ4v) is 6.53. The van der Waals surface area contributed by atoms with Crippen LogP contribution in [0.25, 0.3) is 83.1 Å². The summed E-state index contributed by atoms with van der Waals surface area (Å²) in [5, 5.41) is 5.91. The van der Waals surface area contributed by atoms with Crippen LogP contribution in [-0.4, -0.2) is 19.5 Å². The van der Waals surface area contributed by atoms with Crippen LogP contribution in [-0.2, 0) is 0 Å². The molecule has 0 unspecified atom stereocenters. The number of imidazole rings is 1. The van der Waals surface area contributed by atoms with Crippen LogP contribution in [0.3, 0.4) is 0 Å².